The van der Waals surface area contributed by atoms with Gasteiger partial charge in [0, 0.05) is 0 Å². The Kier molecular flexibility index (Phi) is 5.56. The fourth-order valence-corrected chi connectivity index (χ4v) is 7.09. The molecule has 0 heterocycles. The second kappa shape index (κ2) is 7.13. The first-order valence-corrected chi connectivity index (χ1v) is 11.3. The van der Waals surface area contributed by atoms with Crippen molar-refractivity contribution in [2.45, 2.75) is 106 Å². The van der Waals surface area contributed by atoms with Crippen molar-refractivity contribution in [3.8, 4) is 0 Å². The molecular formula is C26H42O2. The fraction of sp³-hybridized carbons (Fsp3) is 0.769. The van der Waals surface area contributed by atoms with Crippen LogP contribution in [0, 0.1) is 50.4 Å². The van der Waals surface area contributed by atoms with E-state index in [1.807, 2.05) is 6.92 Å². The number of rotatable bonds is 3. The SMILES string of the molecule is Cc1cc(C(O)C[C@@H]2[C@@]3(C)CCCC(C)(C)C3CC[C@@]2(C)O)c(C)c(C)c1C. The van der Waals surface area contributed by atoms with Gasteiger partial charge in [-0.3, -0.25) is 0 Å². The van der Waals surface area contributed by atoms with Gasteiger partial charge >= 0.3 is 0 Å². The summed E-state index contributed by atoms with van der Waals surface area (Å²) in [5.41, 5.74) is 5.81. The van der Waals surface area contributed by atoms with Gasteiger partial charge in [-0.2, -0.15) is 0 Å². The van der Waals surface area contributed by atoms with Gasteiger partial charge in [-0.25, -0.2) is 0 Å². The molecule has 2 unspecified atom stereocenters. The Morgan fingerprint density at radius 2 is 1.61 bits per heavy atom. The van der Waals surface area contributed by atoms with Crippen LogP contribution < -0.4 is 0 Å². The van der Waals surface area contributed by atoms with Crippen molar-refractivity contribution in [3.63, 3.8) is 0 Å². The molecule has 158 valence electrons. The van der Waals surface area contributed by atoms with E-state index in [0.29, 0.717) is 17.8 Å². The molecule has 0 saturated heterocycles. The van der Waals surface area contributed by atoms with Crippen LogP contribution in [0.15, 0.2) is 6.07 Å². The molecular weight excluding hydrogens is 344 g/mol. The first kappa shape index (κ1) is 21.8. The van der Waals surface area contributed by atoms with Crippen LogP contribution in [-0.4, -0.2) is 15.8 Å². The highest BCUT2D eigenvalue weighted by molar-refractivity contribution is 5.44. The van der Waals surface area contributed by atoms with Crippen LogP contribution in [-0.2, 0) is 0 Å². The highest BCUT2D eigenvalue weighted by Crippen LogP contribution is 2.63. The quantitative estimate of drug-likeness (QED) is 0.636. The third-order valence-corrected chi connectivity index (χ3v) is 9.10. The van der Waals surface area contributed by atoms with E-state index in [9.17, 15) is 10.2 Å². The standard InChI is InChI=1S/C26H42O2/c1-16-14-20(19(4)18(3)17(16)2)21(27)15-23-25(7)12-9-11-24(5,6)22(25)10-13-26(23,8)28/h14,21-23,27-28H,9-13,15H2,1-8H3/t21?,22?,23-,25+,26-/m1/s1. The van der Waals surface area contributed by atoms with Gasteiger partial charge in [-0.05, 0) is 117 Å². The summed E-state index contributed by atoms with van der Waals surface area (Å²) in [6.45, 7) is 17.8. The molecule has 0 radical (unpaired) electrons. The maximum Gasteiger partial charge on any atom is 0.0796 e. The van der Waals surface area contributed by atoms with Gasteiger partial charge in [0.05, 0.1) is 11.7 Å². The first-order chi connectivity index (χ1) is 12.8. The molecule has 2 aliphatic carbocycles. The zero-order valence-electron chi connectivity index (χ0n) is 19.4. The Morgan fingerprint density at radius 3 is 2.25 bits per heavy atom. The minimum Gasteiger partial charge on any atom is -0.390 e. The molecule has 2 heteroatoms. The maximum atomic E-state index is 11.4. The maximum absolute atomic E-state index is 11.4. The second-order valence-electron chi connectivity index (χ2n) is 11.3. The smallest absolute Gasteiger partial charge is 0.0796 e. The van der Waals surface area contributed by atoms with Crippen LogP contribution >= 0.6 is 0 Å². The number of aryl methyl sites for hydroxylation is 1. The molecule has 0 amide bonds. The van der Waals surface area contributed by atoms with Gasteiger partial charge in [0.2, 0.25) is 0 Å². The topological polar surface area (TPSA) is 40.5 Å². The molecule has 2 N–H and O–H groups in total. The zero-order valence-corrected chi connectivity index (χ0v) is 19.4. The van der Waals surface area contributed by atoms with E-state index in [1.54, 1.807) is 0 Å². The Bertz CT molecular complexity index is 745. The number of benzene rings is 1. The lowest BCUT2D eigenvalue weighted by Crippen LogP contribution is -2.57. The van der Waals surface area contributed by atoms with Gasteiger partial charge in [-0.15, -0.1) is 0 Å². The predicted molar refractivity (Wildman–Crippen MR) is 118 cm³/mol. The van der Waals surface area contributed by atoms with Gasteiger partial charge in [0.25, 0.3) is 0 Å². The second-order valence-corrected chi connectivity index (χ2v) is 11.3. The highest BCUT2D eigenvalue weighted by Gasteiger charge is 2.58. The first-order valence-electron chi connectivity index (χ1n) is 11.3. The van der Waals surface area contributed by atoms with E-state index in [4.69, 9.17) is 0 Å². The van der Waals surface area contributed by atoms with Crippen molar-refractivity contribution < 1.29 is 10.2 Å². The molecule has 2 saturated carbocycles. The molecule has 2 nitrogen and oxygen atoms in total. The lowest BCUT2D eigenvalue weighted by molar-refractivity contribution is -0.176. The summed E-state index contributed by atoms with van der Waals surface area (Å²) in [5.74, 6) is 0.739. The number of hydrogen-bond acceptors (Lipinski definition) is 2. The fourth-order valence-electron chi connectivity index (χ4n) is 7.09. The summed E-state index contributed by atoms with van der Waals surface area (Å²) in [5, 5.41) is 22.8. The molecule has 1 aromatic rings. The highest BCUT2D eigenvalue weighted by atomic mass is 16.3. The minimum absolute atomic E-state index is 0.0904. The van der Waals surface area contributed by atoms with E-state index in [1.165, 1.54) is 41.5 Å². The van der Waals surface area contributed by atoms with Crippen molar-refractivity contribution in [2.24, 2.45) is 22.7 Å². The molecule has 2 aliphatic rings. The third kappa shape index (κ3) is 3.45. The summed E-state index contributed by atoms with van der Waals surface area (Å²) in [4.78, 5) is 0. The van der Waals surface area contributed by atoms with E-state index < -0.39 is 11.7 Å². The van der Waals surface area contributed by atoms with Crippen molar-refractivity contribution in [3.05, 3.63) is 33.9 Å². The molecule has 0 spiro atoms. The summed E-state index contributed by atoms with van der Waals surface area (Å²) in [7, 11) is 0. The number of aliphatic hydroxyl groups is 2. The Balaban J connectivity index is 1.97. The van der Waals surface area contributed by atoms with Gasteiger partial charge in [0.15, 0.2) is 0 Å². The van der Waals surface area contributed by atoms with Gasteiger partial charge in [-0.1, -0.05) is 33.3 Å². The molecule has 1 aromatic carbocycles. The lowest BCUT2D eigenvalue weighted by Gasteiger charge is -2.61. The Morgan fingerprint density at radius 1 is 0.964 bits per heavy atom. The van der Waals surface area contributed by atoms with E-state index >= 15 is 0 Å². The molecule has 5 atom stereocenters. The minimum atomic E-state index is -0.706. The Hall–Kier alpha value is -0.860. The van der Waals surface area contributed by atoms with Crippen molar-refractivity contribution in [1.82, 2.24) is 0 Å². The van der Waals surface area contributed by atoms with Crippen LogP contribution in [0.2, 0.25) is 0 Å². The normalized spacial score (nSPS) is 36.1. The average Bonchev–Trinajstić information content (AvgIpc) is 2.58. The largest absolute Gasteiger partial charge is 0.390 e. The van der Waals surface area contributed by atoms with Crippen molar-refractivity contribution in [2.75, 3.05) is 0 Å². The van der Waals surface area contributed by atoms with Gasteiger partial charge < -0.3 is 10.2 Å². The monoisotopic (exact) mass is 386 g/mol. The third-order valence-electron chi connectivity index (χ3n) is 9.10. The van der Waals surface area contributed by atoms with Crippen LogP contribution in [0.4, 0.5) is 0 Å². The van der Waals surface area contributed by atoms with Crippen LogP contribution in [0.1, 0.15) is 100 Å². The lowest BCUT2D eigenvalue weighted by atomic mass is 9.45. The molecule has 0 aliphatic heterocycles. The summed E-state index contributed by atoms with van der Waals surface area (Å²) in [6.07, 6.45) is 5.75. The van der Waals surface area contributed by atoms with Crippen molar-refractivity contribution >= 4 is 0 Å². The summed E-state index contributed by atoms with van der Waals surface area (Å²) in [6, 6.07) is 2.17. The Labute approximate surface area is 172 Å². The average molecular weight is 387 g/mol. The van der Waals surface area contributed by atoms with Crippen molar-refractivity contribution in [1.29, 1.82) is 0 Å². The van der Waals surface area contributed by atoms with E-state index in [-0.39, 0.29) is 11.3 Å². The molecule has 0 aromatic heterocycles. The molecule has 0 bridgehead atoms. The number of hydrogen-bond donors (Lipinski definition) is 2. The number of aliphatic hydroxyl groups excluding tert-OH is 1. The van der Waals surface area contributed by atoms with E-state index in [2.05, 4.69) is 54.5 Å². The number of fused-ring (bicyclic) bond motifs is 1. The predicted octanol–water partition coefficient (Wildman–Crippen LogP) is 6.34. The summed E-state index contributed by atoms with van der Waals surface area (Å²) >= 11 is 0. The van der Waals surface area contributed by atoms with Crippen LogP contribution in [0.25, 0.3) is 0 Å². The van der Waals surface area contributed by atoms with E-state index in [0.717, 1.165) is 18.4 Å². The molecule has 28 heavy (non-hydrogen) atoms. The zero-order chi connectivity index (χ0) is 21.1. The van der Waals surface area contributed by atoms with Crippen LogP contribution in [0.3, 0.4) is 0 Å². The summed E-state index contributed by atoms with van der Waals surface area (Å²) < 4.78 is 0. The molecule has 2 fully saturated rings. The molecule has 3 rings (SSSR count). The van der Waals surface area contributed by atoms with Crippen LogP contribution in [0.5, 0.6) is 0 Å². The van der Waals surface area contributed by atoms with Gasteiger partial charge in [0.1, 0.15) is 0 Å².